The van der Waals surface area contributed by atoms with Crippen molar-refractivity contribution in [2.45, 2.75) is 19.4 Å². The fraction of sp³-hybridized carbons (Fsp3) is 0.167. The molecular formula is C18H16ClN5O2. The molecule has 0 saturated heterocycles. The number of allylic oxidation sites excluding steroid dienone is 1. The van der Waals surface area contributed by atoms with Gasteiger partial charge in [0.25, 0.3) is 5.69 Å². The Morgan fingerprint density at radius 2 is 2.12 bits per heavy atom. The second-order valence-electron chi connectivity index (χ2n) is 5.69. The lowest BCUT2D eigenvalue weighted by Crippen LogP contribution is -2.03. The summed E-state index contributed by atoms with van der Waals surface area (Å²) in [7, 11) is 0. The van der Waals surface area contributed by atoms with Crippen LogP contribution in [-0.4, -0.2) is 21.3 Å². The topological polar surface area (TPSA) is 107 Å². The van der Waals surface area contributed by atoms with Crippen LogP contribution in [-0.2, 0) is 13.0 Å². The van der Waals surface area contributed by atoms with Gasteiger partial charge in [-0.05, 0) is 18.1 Å². The molecule has 2 heterocycles. The molecule has 1 aromatic carbocycles. The fourth-order valence-corrected chi connectivity index (χ4v) is 2.71. The maximum absolute atomic E-state index is 10.7. The van der Waals surface area contributed by atoms with Crippen molar-refractivity contribution >= 4 is 39.9 Å². The van der Waals surface area contributed by atoms with E-state index in [0.29, 0.717) is 23.7 Å². The summed E-state index contributed by atoms with van der Waals surface area (Å²) in [5, 5.41) is 11.2. The maximum Gasteiger partial charge on any atom is 0.269 e. The monoisotopic (exact) mass is 369 g/mol. The van der Waals surface area contributed by atoms with E-state index in [1.165, 1.54) is 18.3 Å². The molecule has 1 aromatic heterocycles. The van der Waals surface area contributed by atoms with Crippen molar-refractivity contribution in [1.29, 1.82) is 0 Å². The number of hydrogen-bond acceptors (Lipinski definition) is 6. The standard InChI is InChI=1S/C18H16ClN5O2/c19-18-6-5-16-17(23-18)7-13(11-22-16)14(8-20)10-21-9-12-1-3-15(4-2-12)24(25)26/h1-4,7-8,10-11H,5-6,9,20H2. The van der Waals surface area contributed by atoms with Crippen molar-refractivity contribution in [3.63, 3.8) is 0 Å². The Bertz CT molecular complexity index is 920. The molecule has 2 N–H and O–H groups in total. The van der Waals surface area contributed by atoms with Crippen LogP contribution in [0, 0.1) is 10.1 Å². The Labute approximate surface area is 155 Å². The molecule has 3 rings (SSSR count). The predicted molar refractivity (Wildman–Crippen MR) is 103 cm³/mol. The van der Waals surface area contributed by atoms with Crippen LogP contribution in [0.25, 0.3) is 5.57 Å². The summed E-state index contributed by atoms with van der Waals surface area (Å²) in [6.07, 6.45) is 6.32. The van der Waals surface area contributed by atoms with E-state index in [2.05, 4.69) is 15.0 Å². The lowest BCUT2D eigenvalue weighted by Gasteiger charge is -2.12. The summed E-state index contributed by atoms with van der Waals surface area (Å²) in [4.78, 5) is 23.3. The number of nitro benzene ring substituents is 1. The minimum absolute atomic E-state index is 0.0552. The van der Waals surface area contributed by atoms with Gasteiger partial charge in [0.1, 0.15) is 5.17 Å². The minimum atomic E-state index is -0.430. The van der Waals surface area contributed by atoms with E-state index in [1.807, 2.05) is 6.07 Å². The van der Waals surface area contributed by atoms with Crippen LogP contribution in [0.3, 0.4) is 0 Å². The number of halogens is 1. The van der Waals surface area contributed by atoms with Crippen molar-refractivity contribution in [2.24, 2.45) is 15.7 Å². The van der Waals surface area contributed by atoms with Crippen LogP contribution in [0.4, 0.5) is 11.4 Å². The zero-order chi connectivity index (χ0) is 18.5. The Morgan fingerprint density at radius 3 is 2.81 bits per heavy atom. The van der Waals surface area contributed by atoms with Crippen LogP contribution >= 0.6 is 11.6 Å². The minimum Gasteiger partial charge on any atom is -0.404 e. The first kappa shape index (κ1) is 17.8. The van der Waals surface area contributed by atoms with E-state index in [0.717, 1.165) is 28.9 Å². The van der Waals surface area contributed by atoms with Crippen molar-refractivity contribution < 1.29 is 4.92 Å². The highest BCUT2D eigenvalue weighted by molar-refractivity contribution is 6.65. The highest BCUT2D eigenvalue weighted by Crippen LogP contribution is 2.28. The van der Waals surface area contributed by atoms with Crippen LogP contribution in [0.5, 0.6) is 0 Å². The van der Waals surface area contributed by atoms with Gasteiger partial charge < -0.3 is 5.73 Å². The van der Waals surface area contributed by atoms with Gasteiger partial charge in [-0.15, -0.1) is 0 Å². The van der Waals surface area contributed by atoms with E-state index in [9.17, 15) is 10.1 Å². The second kappa shape index (κ2) is 7.88. The lowest BCUT2D eigenvalue weighted by atomic mass is 10.1. The van der Waals surface area contributed by atoms with Gasteiger partial charge in [0, 0.05) is 48.3 Å². The third kappa shape index (κ3) is 4.12. The fourth-order valence-electron chi connectivity index (χ4n) is 2.52. The molecule has 0 bridgehead atoms. The molecule has 132 valence electrons. The predicted octanol–water partition coefficient (Wildman–Crippen LogP) is 3.78. The Morgan fingerprint density at radius 1 is 1.35 bits per heavy atom. The number of aryl methyl sites for hydroxylation is 1. The molecule has 0 spiro atoms. The van der Waals surface area contributed by atoms with Crippen LogP contribution in [0.1, 0.15) is 23.2 Å². The van der Waals surface area contributed by atoms with Gasteiger partial charge in [-0.3, -0.25) is 20.1 Å². The van der Waals surface area contributed by atoms with Crippen molar-refractivity contribution in [1.82, 2.24) is 4.98 Å². The number of aliphatic imine (C=N–C) groups is 2. The smallest absolute Gasteiger partial charge is 0.269 e. The lowest BCUT2D eigenvalue weighted by molar-refractivity contribution is -0.384. The molecule has 0 radical (unpaired) electrons. The number of rotatable bonds is 5. The molecule has 0 atom stereocenters. The molecule has 0 unspecified atom stereocenters. The first-order valence-electron chi connectivity index (χ1n) is 7.94. The van der Waals surface area contributed by atoms with Crippen LogP contribution in [0.15, 0.2) is 52.7 Å². The molecule has 8 heteroatoms. The van der Waals surface area contributed by atoms with E-state index < -0.39 is 4.92 Å². The van der Waals surface area contributed by atoms with Gasteiger partial charge in [0.2, 0.25) is 0 Å². The van der Waals surface area contributed by atoms with Gasteiger partial charge in [0.05, 0.1) is 22.8 Å². The Balaban J connectivity index is 1.73. The highest BCUT2D eigenvalue weighted by Gasteiger charge is 2.13. The summed E-state index contributed by atoms with van der Waals surface area (Å²) in [5.74, 6) is 0. The second-order valence-corrected chi connectivity index (χ2v) is 6.13. The number of nitrogens with two attached hydrogens (primary N) is 1. The molecule has 1 aliphatic rings. The largest absolute Gasteiger partial charge is 0.404 e. The molecular weight excluding hydrogens is 354 g/mol. The quantitative estimate of drug-likeness (QED) is 0.491. The van der Waals surface area contributed by atoms with Crippen molar-refractivity contribution in [3.05, 3.63) is 69.7 Å². The molecule has 0 aliphatic carbocycles. The number of non-ortho nitro benzene ring substituents is 1. The zero-order valence-corrected chi connectivity index (χ0v) is 14.6. The number of pyridine rings is 1. The summed E-state index contributed by atoms with van der Waals surface area (Å²) < 4.78 is 0. The Kier molecular flexibility index (Phi) is 5.38. The Hall–Kier alpha value is -3.06. The summed E-state index contributed by atoms with van der Waals surface area (Å²) in [6, 6.07) is 8.16. The first-order valence-corrected chi connectivity index (χ1v) is 8.32. The number of hydrogen-bond donors (Lipinski definition) is 1. The average molecular weight is 370 g/mol. The summed E-state index contributed by atoms with van der Waals surface area (Å²) in [5.41, 5.74) is 9.82. The number of nitro groups is 1. The molecule has 26 heavy (non-hydrogen) atoms. The molecule has 2 aromatic rings. The van der Waals surface area contributed by atoms with Crippen molar-refractivity contribution in [2.75, 3.05) is 0 Å². The first-order chi connectivity index (χ1) is 12.6. The van der Waals surface area contributed by atoms with E-state index in [1.54, 1.807) is 24.5 Å². The van der Waals surface area contributed by atoms with E-state index in [4.69, 9.17) is 17.3 Å². The number of fused-ring (bicyclic) bond motifs is 1. The van der Waals surface area contributed by atoms with Crippen LogP contribution < -0.4 is 5.73 Å². The summed E-state index contributed by atoms with van der Waals surface area (Å²) in [6.45, 7) is 0.387. The van der Waals surface area contributed by atoms with Gasteiger partial charge in [-0.25, -0.2) is 4.99 Å². The molecule has 0 fully saturated rings. The third-order valence-electron chi connectivity index (χ3n) is 3.92. The van der Waals surface area contributed by atoms with Gasteiger partial charge >= 0.3 is 0 Å². The average Bonchev–Trinajstić information content (AvgIpc) is 2.65. The molecule has 0 saturated carbocycles. The maximum atomic E-state index is 10.7. The molecule has 1 aliphatic heterocycles. The van der Waals surface area contributed by atoms with E-state index in [-0.39, 0.29) is 5.69 Å². The van der Waals surface area contributed by atoms with Gasteiger partial charge in [0.15, 0.2) is 0 Å². The number of benzene rings is 1. The van der Waals surface area contributed by atoms with Gasteiger partial charge in [-0.1, -0.05) is 23.7 Å². The van der Waals surface area contributed by atoms with Gasteiger partial charge in [-0.2, -0.15) is 0 Å². The highest BCUT2D eigenvalue weighted by atomic mass is 35.5. The summed E-state index contributed by atoms with van der Waals surface area (Å²) >= 11 is 6.01. The number of nitrogens with zero attached hydrogens (tertiary/aromatic N) is 4. The molecule has 0 amide bonds. The van der Waals surface area contributed by atoms with Crippen LogP contribution in [0.2, 0.25) is 0 Å². The zero-order valence-electron chi connectivity index (χ0n) is 13.8. The van der Waals surface area contributed by atoms with E-state index >= 15 is 0 Å². The third-order valence-corrected chi connectivity index (χ3v) is 4.20. The van der Waals surface area contributed by atoms with Crippen molar-refractivity contribution in [3.8, 4) is 0 Å². The SMILES string of the molecule is NC=C(C=NCc1ccc([N+](=O)[O-])cc1)c1cnc2c(c1)N=C(Cl)CC2. The normalized spacial score (nSPS) is 14.2. The molecule has 7 nitrogen and oxygen atoms in total. The number of aromatic nitrogens is 1.